The number of methoxy groups -OCH3 is 3. The van der Waals surface area contributed by atoms with Crippen molar-refractivity contribution >= 4 is 6.09 Å². The van der Waals surface area contributed by atoms with Gasteiger partial charge in [-0.1, -0.05) is 0 Å². The number of benzene rings is 1. The molecule has 1 saturated heterocycles. The van der Waals surface area contributed by atoms with Crippen LogP contribution in [0, 0.1) is 0 Å². The second kappa shape index (κ2) is 7.82. The van der Waals surface area contributed by atoms with Crippen LogP contribution < -0.4 is 19.5 Å². The molecule has 1 aliphatic heterocycles. The zero-order valence-electron chi connectivity index (χ0n) is 15.8. The molecule has 140 valence electrons. The summed E-state index contributed by atoms with van der Waals surface area (Å²) >= 11 is 0. The van der Waals surface area contributed by atoms with Crippen molar-refractivity contribution in [2.24, 2.45) is 0 Å². The summed E-state index contributed by atoms with van der Waals surface area (Å²) in [4.78, 5) is 14.4. The zero-order chi connectivity index (χ0) is 18.6. The Kier molecular flexibility index (Phi) is 6.00. The predicted octanol–water partition coefficient (Wildman–Crippen LogP) is 2.59. The van der Waals surface area contributed by atoms with Crippen LogP contribution in [-0.2, 0) is 4.74 Å². The molecule has 7 heteroatoms. The average Bonchev–Trinajstić information content (AvgIpc) is 2.59. The summed E-state index contributed by atoms with van der Waals surface area (Å²) in [5.41, 5.74) is 0.298. The summed E-state index contributed by atoms with van der Waals surface area (Å²) < 4.78 is 21.8. The van der Waals surface area contributed by atoms with E-state index in [0.717, 1.165) is 5.56 Å². The molecule has 0 aliphatic carbocycles. The van der Waals surface area contributed by atoms with Crippen LogP contribution in [0.2, 0.25) is 0 Å². The molecule has 1 fully saturated rings. The Balaban J connectivity index is 2.40. The lowest BCUT2D eigenvalue weighted by Gasteiger charge is -2.38. The first-order chi connectivity index (χ1) is 11.8. The first-order valence-electron chi connectivity index (χ1n) is 8.31. The first-order valence-corrected chi connectivity index (χ1v) is 8.31. The number of carbonyl (C=O) groups excluding carboxylic acids is 1. The maximum atomic E-state index is 12.7. The van der Waals surface area contributed by atoms with Crippen molar-refractivity contribution in [3.05, 3.63) is 17.7 Å². The zero-order valence-corrected chi connectivity index (χ0v) is 15.8. The normalized spacial score (nSPS) is 17.8. The molecular weight excluding hydrogens is 324 g/mol. The van der Waals surface area contributed by atoms with E-state index in [-0.39, 0.29) is 12.1 Å². The first kappa shape index (κ1) is 19.2. The number of amides is 1. The topological polar surface area (TPSA) is 69.3 Å². The minimum Gasteiger partial charge on any atom is -0.496 e. The number of hydrogen-bond acceptors (Lipinski definition) is 6. The quantitative estimate of drug-likeness (QED) is 0.898. The van der Waals surface area contributed by atoms with Crippen LogP contribution in [0.5, 0.6) is 17.2 Å². The number of nitrogens with one attached hydrogen (secondary N) is 1. The number of ether oxygens (including phenoxy) is 4. The van der Waals surface area contributed by atoms with Crippen LogP contribution in [0.15, 0.2) is 12.1 Å². The van der Waals surface area contributed by atoms with Crippen molar-refractivity contribution in [1.82, 2.24) is 10.2 Å². The molecule has 1 atom stereocenters. The second-order valence-electron chi connectivity index (χ2n) is 6.84. The fourth-order valence-corrected chi connectivity index (χ4v) is 2.83. The summed E-state index contributed by atoms with van der Waals surface area (Å²) in [6.45, 7) is 7.45. The summed E-state index contributed by atoms with van der Waals surface area (Å²) in [5.74, 6) is 1.81. The highest BCUT2D eigenvalue weighted by Gasteiger charge is 2.33. The van der Waals surface area contributed by atoms with Crippen molar-refractivity contribution < 1.29 is 23.7 Å². The molecule has 0 spiro atoms. The van der Waals surface area contributed by atoms with Gasteiger partial charge in [-0.3, -0.25) is 4.90 Å². The van der Waals surface area contributed by atoms with Gasteiger partial charge in [-0.15, -0.1) is 0 Å². The Labute approximate surface area is 149 Å². The standard InChI is InChI=1S/C18H28N2O5/c1-18(2,3)25-17(21)20-8-7-19-11-13(20)12-9-15(23-5)16(24-6)10-14(12)22-4/h9-10,13,19H,7-8,11H2,1-6H3. The lowest BCUT2D eigenvalue weighted by atomic mass is 10.0. The van der Waals surface area contributed by atoms with Gasteiger partial charge in [0.05, 0.1) is 27.4 Å². The molecule has 1 aliphatic rings. The number of nitrogens with zero attached hydrogens (tertiary/aromatic N) is 1. The van der Waals surface area contributed by atoms with Crippen molar-refractivity contribution in [1.29, 1.82) is 0 Å². The molecule has 1 aromatic rings. The van der Waals surface area contributed by atoms with Crippen molar-refractivity contribution in [2.75, 3.05) is 41.0 Å². The van der Waals surface area contributed by atoms with Crippen molar-refractivity contribution in [2.45, 2.75) is 32.4 Å². The molecule has 0 saturated carbocycles. The summed E-state index contributed by atoms with van der Waals surface area (Å²) in [6.07, 6.45) is -0.337. The Morgan fingerprint density at radius 2 is 1.68 bits per heavy atom. The van der Waals surface area contributed by atoms with Crippen LogP contribution in [-0.4, -0.2) is 57.6 Å². The molecule has 2 rings (SSSR count). The van der Waals surface area contributed by atoms with E-state index in [1.807, 2.05) is 26.8 Å². The smallest absolute Gasteiger partial charge is 0.410 e. The van der Waals surface area contributed by atoms with Gasteiger partial charge in [0.15, 0.2) is 11.5 Å². The maximum Gasteiger partial charge on any atom is 0.410 e. The molecule has 1 amide bonds. The minimum absolute atomic E-state index is 0.224. The molecule has 25 heavy (non-hydrogen) atoms. The van der Waals surface area contributed by atoms with Gasteiger partial charge in [0.25, 0.3) is 0 Å². The van der Waals surface area contributed by atoms with Gasteiger partial charge in [-0.25, -0.2) is 4.79 Å². The van der Waals surface area contributed by atoms with E-state index < -0.39 is 5.60 Å². The highest BCUT2D eigenvalue weighted by molar-refractivity contribution is 5.69. The maximum absolute atomic E-state index is 12.7. The third-order valence-electron chi connectivity index (χ3n) is 3.97. The van der Waals surface area contributed by atoms with Gasteiger partial charge in [0.1, 0.15) is 11.4 Å². The molecule has 0 bridgehead atoms. The van der Waals surface area contributed by atoms with E-state index in [2.05, 4.69) is 5.32 Å². The highest BCUT2D eigenvalue weighted by atomic mass is 16.6. The fraction of sp³-hybridized carbons (Fsp3) is 0.611. The van der Waals surface area contributed by atoms with Crippen LogP contribution in [0.25, 0.3) is 0 Å². The van der Waals surface area contributed by atoms with E-state index in [0.29, 0.717) is 36.9 Å². The van der Waals surface area contributed by atoms with Crippen molar-refractivity contribution in [3.63, 3.8) is 0 Å². The molecule has 1 unspecified atom stereocenters. The van der Waals surface area contributed by atoms with Gasteiger partial charge < -0.3 is 24.3 Å². The molecule has 0 radical (unpaired) electrons. The molecule has 7 nitrogen and oxygen atoms in total. The number of piperazine rings is 1. The van der Waals surface area contributed by atoms with Crippen LogP contribution in [0.1, 0.15) is 32.4 Å². The second-order valence-corrected chi connectivity index (χ2v) is 6.84. The lowest BCUT2D eigenvalue weighted by Crippen LogP contribution is -2.50. The number of hydrogen-bond donors (Lipinski definition) is 1. The largest absolute Gasteiger partial charge is 0.496 e. The van der Waals surface area contributed by atoms with Crippen LogP contribution >= 0.6 is 0 Å². The Morgan fingerprint density at radius 1 is 1.08 bits per heavy atom. The number of rotatable bonds is 4. The monoisotopic (exact) mass is 352 g/mol. The predicted molar refractivity (Wildman–Crippen MR) is 94.6 cm³/mol. The van der Waals surface area contributed by atoms with E-state index in [4.69, 9.17) is 18.9 Å². The molecule has 1 N–H and O–H groups in total. The summed E-state index contributed by atoms with van der Waals surface area (Å²) in [6, 6.07) is 3.40. The van der Waals surface area contributed by atoms with Crippen LogP contribution in [0.3, 0.4) is 0 Å². The van der Waals surface area contributed by atoms with Gasteiger partial charge in [0.2, 0.25) is 0 Å². The molecule has 0 aromatic heterocycles. The van der Waals surface area contributed by atoms with E-state index >= 15 is 0 Å². The summed E-state index contributed by atoms with van der Waals surface area (Å²) in [7, 11) is 4.75. The third kappa shape index (κ3) is 4.48. The molecular formula is C18H28N2O5. The van der Waals surface area contributed by atoms with Gasteiger partial charge in [-0.05, 0) is 26.8 Å². The Hall–Kier alpha value is -2.15. The van der Waals surface area contributed by atoms with Crippen LogP contribution in [0.4, 0.5) is 4.79 Å². The minimum atomic E-state index is -0.547. The van der Waals surface area contributed by atoms with Crippen molar-refractivity contribution in [3.8, 4) is 17.2 Å². The van der Waals surface area contributed by atoms with Gasteiger partial charge >= 0.3 is 6.09 Å². The van der Waals surface area contributed by atoms with E-state index in [1.165, 1.54) is 0 Å². The highest BCUT2D eigenvalue weighted by Crippen LogP contribution is 2.39. The SMILES string of the molecule is COc1cc(OC)c(C2CNCCN2C(=O)OC(C)(C)C)cc1OC. The molecule has 1 heterocycles. The van der Waals surface area contributed by atoms with Gasteiger partial charge in [-0.2, -0.15) is 0 Å². The third-order valence-corrected chi connectivity index (χ3v) is 3.97. The Bertz CT molecular complexity index is 612. The van der Waals surface area contributed by atoms with E-state index in [1.54, 1.807) is 32.3 Å². The lowest BCUT2D eigenvalue weighted by molar-refractivity contribution is 0.0115. The average molecular weight is 352 g/mol. The number of carbonyl (C=O) groups is 1. The molecule has 1 aromatic carbocycles. The summed E-state index contributed by atoms with van der Waals surface area (Å²) in [5, 5.41) is 3.32. The Morgan fingerprint density at radius 3 is 2.24 bits per heavy atom. The fourth-order valence-electron chi connectivity index (χ4n) is 2.83. The van der Waals surface area contributed by atoms with Gasteiger partial charge in [0, 0.05) is 31.3 Å². The van der Waals surface area contributed by atoms with E-state index in [9.17, 15) is 4.79 Å².